The monoisotopic (exact) mass is 269 g/mol. The van der Waals surface area contributed by atoms with Gasteiger partial charge in [0.25, 0.3) is 0 Å². The molecule has 6 heteroatoms. The van der Waals surface area contributed by atoms with Crippen molar-refractivity contribution in [3.05, 3.63) is 0 Å². The molecule has 0 spiro atoms. The van der Waals surface area contributed by atoms with Gasteiger partial charge in [-0.05, 0) is 13.5 Å². The Morgan fingerprint density at radius 2 is 2.20 bits per heavy atom. The second-order valence-electron chi connectivity index (χ2n) is 3.80. The molecule has 0 saturated carbocycles. The van der Waals surface area contributed by atoms with Gasteiger partial charge in [-0.15, -0.1) is 0 Å². The maximum Gasteiger partial charge on any atom is 0.147 e. The van der Waals surface area contributed by atoms with Crippen LogP contribution in [0.15, 0.2) is 0 Å². The number of hydrogen-bond donors (Lipinski definition) is 1. The standard InChI is InChI=1S/C9H19NO2S3/c1-10-8(3-6-15(2,11)12)9-7-13-4-5-14-9/h8-10H,3-7H2,1-2H3. The topological polar surface area (TPSA) is 46.2 Å². The van der Waals surface area contributed by atoms with Gasteiger partial charge in [0.1, 0.15) is 9.84 Å². The number of thioether (sulfide) groups is 2. The van der Waals surface area contributed by atoms with E-state index in [1.807, 2.05) is 30.6 Å². The van der Waals surface area contributed by atoms with Crippen molar-refractivity contribution in [2.24, 2.45) is 0 Å². The van der Waals surface area contributed by atoms with Gasteiger partial charge in [-0.2, -0.15) is 23.5 Å². The van der Waals surface area contributed by atoms with Crippen molar-refractivity contribution < 1.29 is 8.42 Å². The van der Waals surface area contributed by atoms with Crippen LogP contribution in [0, 0.1) is 0 Å². The highest BCUT2D eigenvalue weighted by Crippen LogP contribution is 2.27. The van der Waals surface area contributed by atoms with E-state index >= 15 is 0 Å². The molecule has 0 bridgehead atoms. The minimum atomic E-state index is -2.82. The molecular formula is C9H19NO2S3. The number of rotatable bonds is 5. The SMILES string of the molecule is CNC(CCS(C)(=O)=O)C1CSCCS1. The second-order valence-corrected chi connectivity index (χ2v) is 8.55. The van der Waals surface area contributed by atoms with E-state index in [9.17, 15) is 8.42 Å². The van der Waals surface area contributed by atoms with E-state index in [4.69, 9.17) is 0 Å². The quantitative estimate of drug-likeness (QED) is 0.802. The smallest absolute Gasteiger partial charge is 0.147 e. The molecule has 15 heavy (non-hydrogen) atoms. The normalized spacial score (nSPS) is 25.1. The van der Waals surface area contributed by atoms with Crippen LogP contribution in [0.2, 0.25) is 0 Å². The van der Waals surface area contributed by atoms with Crippen LogP contribution in [0.4, 0.5) is 0 Å². The van der Waals surface area contributed by atoms with Gasteiger partial charge in [-0.25, -0.2) is 8.42 Å². The molecule has 1 N–H and O–H groups in total. The third-order valence-corrected chi connectivity index (χ3v) is 6.36. The van der Waals surface area contributed by atoms with Gasteiger partial charge in [0.2, 0.25) is 0 Å². The summed E-state index contributed by atoms with van der Waals surface area (Å²) in [5.41, 5.74) is 0. The Morgan fingerprint density at radius 3 is 2.67 bits per heavy atom. The molecule has 1 aliphatic rings. The summed E-state index contributed by atoms with van der Waals surface area (Å²) in [6, 6.07) is 0.331. The molecule has 0 aromatic rings. The van der Waals surface area contributed by atoms with Crippen LogP contribution in [0.3, 0.4) is 0 Å². The first-order valence-corrected chi connectivity index (χ1v) is 9.33. The first-order chi connectivity index (χ1) is 7.03. The van der Waals surface area contributed by atoms with Gasteiger partial charge < -0.3 is 5.32 Å². The average Bonchev–Trinajstić information content (AvgIpc) is 2.19. The highest BCUT2D eigenvalue weighted by atomic mass is 32.2. The Labute approximate surface area is 101 Å². The van der Waals surface area contributed by atoms with E-state index in [0.717, 1.165) is 12.2 Å². The third kappa shape index (κ3) is 5.47. The molecule has 0 aromatic carbocycles. The van der Waals surface area contributed by atoms with Gasteiger partial charge in [0.05, 0.1) is 5.75 Å². The molecule has 1 saturated heterocycles. The number of hydrogen-bond acceptors (Lipinski definition) is 5. The van der Waals surface area contributed by atoms with E-state index in [1.54, 1.807) is 0 Å². The van der Waals surface area contributed by atoms with Crippen molar-refractivity contribution >= 4 is 33.4 Å². The maximum atomic E-state index is 11.1. The van der Waals surface area contributed by atoms with Gasteiger partial charge in [-0.1, -0.05) is 0 Å². The van der Waals surface area contributed by atoms with Gasteiger partial charge >= 0.3 is 0 Å². The summed E-state index contributed by atoms with van der Waals surface area (Å²) in [4.78, 5) is 0. The van der Waals surface area contributed by atoms with E-state index in [0.29, 0.717) is 17.0 Å². The predicted octanol–water partition coefficient (Wildman–Crippen LogP) is 0.858. The minimum Gasteiger partial charge on any atom is -0.316 e. The Balaban J connectivity index is 2.40. The highest BCUT2D eigenvalue weighted by Gasteiger charge is 2.23. The fourth-order valence-corrected chi connectivity index (χ4v) is 5.25. The van der Waals surface area contributed by atoms with Crippen molar-refractivity contribution in [3.63, 3.8) is 0 Å². The Kier molecular flexibility index (Phi) is 5.81. The molecule has 0 amide bonds. The molecule has 0 radical (unpaired) electrons. The lowest BCUT2D eigenvalue weighted by molar-refractivity contribution is 0.535. The lowest BCUT2D eigenvalue weighted by Crippen LogP contribution is -2.40. The summed E-state index contributed by atoms with van der Waals surface area (Å²) in [7, 11) is -0.901. The predicted molar refractivity (Wildman–Crippen MR) is 70.7 cm³/mol. The molecule has 2 unspecified atom stereocenters. The van der Waals surface area contributed by atoms with Crippen LogP contribution < -0.4 is 5.32 Å². The first-order valence-electron chi connectivity index (χ1n) is 5.07. The molecule has 1 aliphatic heterocycles. The molecule has 90 valence electrons. The molecule has 2 atom stereocenters. The fraction of sp³-hybridized carbons (Fsp3) is 1.00. The van der Waals surface area contributed by atoms with Crippen molar-refractivity contribution in [3.8, 4) is 0 Å². The van der Waals surface area contributed by atoms with Crippen molar-refractivity contribution in [1.29, 1.82) is 0 Å². The molecule has 1 rings (SSSR count). The second kappa shape index (κ2) is 6.37. The summed E-state index contributed by atoms with van der Waals surface area (Å²) < 4.78 is 22.2. The van der Waals surface area contributed by atoms with Crippen molar-refractivity contribution in [1.82, 2.24) is 5.32 Å². The first kappa shape index (κ1) is 13.7. The molecule has 3 nitrogen and oxygen atoms in total. The van der Waals surface area contributed by atoms with Crippen molar-refractivity contribution in [2.45, 2.75) is 17.7 Å². The molecule has 1 fully saturated rings. The van der Waals surface area contributed by atoms with Gasteiger partial charge in [-0.3, -0.25) is 0 Å². The van der Waals surface area contributed by atoms with E-state index in [2.05, 4.69) is 5.32 Å². The van der Waals surface area contributed by atoms with E-state index < -0.39 is 9.84 Å². The lowest BCUT2D eigenvalue weighted by atomic mass is 10.2. The Bertz CT molecular complexity index is 273. The van der Waals surface area contributed by atoms with Crippen LogP contribution in [-0.4, -0.2) is 56.0 Å². The third-order valence-electron chi connectivity index (χ3n) is 2.46. The Hall–Kier alpha value is 0.610. The summed E-state index contributed by atoms with van der Waals surface area (Å²) in [6.45, 7) is 0. The molecule has 0 aliphatic carbocycles. The highest BCUT2D eigenvalue weighted by molar-refractivity contribution is 8.06. The molecule has 0 aromatic heterocycles. The summed E-state index contributed by atoms with van der Waals surface area (Å²) in [5.74, 6) is 3.84. The van der Waals surface area contributed by atoms with E-state index in [-0.39, 0.29) is 0 Å². The fourth-order valence-electron chi connectivity index (χ4n) is 1.60. The van der Waals surface area contributed by atoms with Crippen LogP contribution in [-0.2, 0) is 9.84 Å². The zero-order chi connectivity index (χ0) is 11.3. The summed E-state index contributed by atoms with van der Waals surface area (Å²) in [5, 5.41) is 3.81. The summed E-state index contributed by atoms with van der Waals surface area (Å²) >= 11 is 3.94. The summed E-state index contributed by atoms with van der Waals surface area (Å²) in [6.07, 6.45) is 2.04. The average molecular weight is 269 g/mol. The van der Waals surface area contributed by atoms with Crippen LogP contribution in [0.25, 0.3) is 0 Å². The maximum absolute atomic E-state index is 11.1. The molecular weight excluding hydrogens is 250 g/mol. The van der Waals surface area contributed by atoms with E-state index in [1.165, 1.54) is 17.8 Å². The Morgan fingerprint density at radius 1 is 1.47 bits per heavy atom. The molecule has 1 heterocycles. The van der Waals surface area contributed by atoms with Crippen LogP contribution in [0.5, 0.6) is 0 Å². The lowest BCUT2D eigenvalue weighted by Gasteiger charge is -2.29. The number of sulfone groups is 1. The van der Waals surface area contributed by atoms with Crippen LogP contribution in [0.1, 0.15) is 6.42 Å². The zero-order valence-electron chi connectivity index (χ0n) is 9.23. The van der Waals surface area contributed by atoms with Gasteiger partial charge in [0, 0.05) is 34.8 Å². The largest absolute Gasteiger partial charge is 0.316 e. The van der Waals surface area contributed by atoms with Gasteiger partial charge in [0.15, 0.2) is 0 Å². The van der Waals surface area contributed by atoms with Crippen LogP contribution >= 0.6 is 23.5 Å². The van der Waals surface area contributed by atoms with Crippen molar-refractivity contribution in [2.75, 3.05) is 36.3 Å². The zero-order valence-corrected chi connectivity index (χ0v) is 11.7. The minimum absolute atomic E-state index is 0.292. The number of nitrogens with one attached hydrogen (secondary N) is 1.